The van der Waals surface area contributed by atoms with Gasteiger partial charge in [0.25, 0.3) is 0 Å². The third-order valence-electron chi connectivity index (χ3n) is 11.3. The van der Waals surface area contributed by atoms with Crippen molar-refractivity contribution in [3.8, 4) is 27.9 Å². The minimum atomic E-state index is 1.05. The summed E-state index contributed by atoms with van der Waals surface area (Å²) in [7, 11) is 0. The molecule has 0 N–H and O–H groups in total. The number of nitrogens with zero attached hydrogens (tertiary/aromatic N) is 1. The lowest BCUT2D eigenvalue weighted by molar-refractivity contribution is 1.14. The molecular weight excluding hydrogens is 615 g/mol. The molecule has 0 amide bonds. The van der Waals surface area contributed by atoms with Gasteiger partial charge in [0, 0.05) is 16.5 Å². The van der Waals surface area contributed by atoms with Crippen LogP contribution in [0.3, 0.4) is 0 Å². The number of benzene rings is 10. The van der Waals surface area contributed by atoms with Crippen molar-refractivity contribution in [3.05, 3.63) is 175 Å². The van der Waals surface area contributed by atoms with Gasteiger partial charge in [0.2, 0.25) is 0 Å². The standard InChI is InChI=1S/C50H33N/c1-2-31-11-13-32(14-12-31)41-23-17-34-20-26-44-42(24-18-35-19-25-43(41)49(34)50(35)44)33-15-21-40(22-16-33)51-47-29-38-9-5-3-7-36(38)27-45(47)46-28-37-8-4-6-10-39(37)30-48(46)51/h3-30H,2H2,1H3. The van der Waals surface area contributed by atoms with Crippen LogP contribution in [0.1, 0.15) is 12.5 Å². The minimum absolute atomic E-state index is 1.05. The third-order valence-corrected chi connectivity index (χ3v) is 11.3. The van der Waals surface area contributed by atoms with Gasteiger partial charge < -0.3 is 4.57 Å². The van der Waals surface area contributed by atoms with Gasteiger partial charge in [0.15, 0.2) is 0 Å². The lowest BCUT2D eigenvalue weighted by Crippen LogP contribution is -1.94. The fourth-order valence-electron chi connectivity index (χ4n) is 8.68. The largest absolute Gasteiger partial charge is 0.309 e. The Morgan fingerprint density at radius 1 is 0.373 bits per heavy atom. The molecular formula is C50H33N. The first-order valence-corrected chi connectivity index (χ1v) is 18.0. The van der Waals surface area contributed by atoms with Crippen molar-refractivity contribution in [2.45, 2.75) is 13.3 Å². The Labute approximate surface area is 296 Å². The number of rotatable bonds is 4. The third kappa shape index (κ3) is 4.22. The van der Waals surface area contributed by atoms with Gasteiger partial charge in [-0.2, -0.15) is 0 Å². The van der Waals surface area contributed by atoms with Crippen LogP contribution < -0.4 is 0 Å². The predicted octanol–water partition coefficient (Wildman–Crippen LogP) is 13.9. The summed E-state index contributed by atoms with van der Waals surface area (Å²) in [5.74, 6) is 0. The monoisotopic (exact) mass is 647 g/mol. The van der Waals surface area contributed by atoms with Crippen molar-refractivity contribution in [2.24, 2.45) is 0 Å². The highest BCUT2D eigenvalue weighted by Crippen LogP contribution is 2.43. The van der Waals surface area contributed by atoms with Crippen molar-refractivity contribution in [2.75, 3.05) is 0 Å². The summed E-state index contributed by atoms with van der Waals surface area (Å²) in [6.45, 7) is 2.21. The maximum atomic E-state index is 2.45. The Bertz CT molecular complexity index is 3050. The molecule has 11 rings (SSSR count). The molecule has 0 saturated heterocycles. The molecule has 0 fully saturated rings. The van der Waals surface area contributed by atoms with Crippen molar-refractivity contribution >= 4 is 75.7 Å². The van der Waals surface area contributed by atoms with Crippen LogP contribution in [-0.2, 0) is 6.42 Å². The highest BCUT2D eigenvalue weighted by atomic mass is 15.0. The summed E-state index contributed by atoms with van der Waals surface area (Å²) >= 11 is 0. The van der Waals surface area contributed by atoms with Gasteiger partial charge in [-0.15, -0.1) is 0 Å². The van der Waals surface area contributed by atoms with Crippen molar-refractivity contribution in [3.63, 3.8) is 0 Å². The van der Waals surface area contributed by atoms with Crippen LogP contribution in [0.15, 0.2) is 170 Å². The van der Waals surface area contributed by atoms with Crippen LogP contribution in [0.2, 0.25) is 0 Å². The molecule has 1 heterocycles. The summed E-state index contributed by atoms with van der Waals surface area (Å²) in [6.07, 6.45) is 1.05. The Hall–Kier alpha value is -6.44. The maximum Gasteiger partial charge on any atom is 0.0547 e. The molecule has 0 aliphatic carbocycles. The SMILES string of the molecule is CCc1ccc(-c2ccc3ccc4c(-c5ccc(-n6c7cc8ccccc8cc7c7cc8ccccc8cc76)cc5)ccc5ccc2c3c54)cc1. The van der Waals surface area contributed by atoms with Gasteiger partial charge in [0.05, 0.1) is 11.0 Å². The number of aromatic nitrogens is 1. The Morgan fingerprint density at radius 2 is 0.804 bits per heavy atom. The maximum absolute atomic E-state index is 2.45. The van der Waals surface area contributed by atoms with Gasteiger partial charge in [-0.05, 0) is 124 Å². The molecule has 0 atom stereocenters. The lowest BCUT2D eigenvalue weighted by atomic mass is 9.87. The number of fused-ring (bicyclic) bond motifs is 5. The van der Waals surface area contributed by atoms with Gasteiger partial charge in [-0.3, -0.25) is 0 Å². The first kappa shape index (κ1) is 28.4. The molecule has 238 valence electrons. The second-order valence-electron chi connectivity index (χ2n) is 14.0. The molecule has 0 saturated carbocycles. The van der Waals surface area contributed by atoms with E-state index in [-0.39, 0.29) is 0 Å². The molecule has 0 aliphatic rings. The summed E-state index contributed by atoms with van der Waals surface area (Å²) in [5.41, 5.74) is 10.1. The fraction of sp³-hybridized carbons (Fsp3) is 0.0400. The van der Waals surface area contributed by atoms with E-state index in [1.54, 1.807) is 0 Å². The number of hydrogen-bond acceptors (Lipinski definition) is 0. The zero-order valence-corrected chi connectivity index (χ0v) is 28.3. The fourth-order valence-corrected chi connectivity index (χ4v) is 8.68. The predicted molar refractivity (Wildman–Crippen MR) is 220 cm³/mol. The van der Waals surface area contributed by atoms with Crippen LogP contribution >= 0.6 is 0 Å². The van der Waals surface area contributed by atoms with Crippen LogP contribution in [0.5, 0.6) is 0 Å². The summed E-state index contributed by atoms with van der Waals surface area (Å²) in [4.78, 5) is 0. The first-order chi connectivity index (χ1) is 25.2. The quantitative estimate of drug-likeness (QED) is 0.168. The van der Waals surface area contributed by atoms with E-state index < -0.39 is 0 Å². The van der Waals surface area contributed by atoms with Gasteiger partial charge in [0.1, 0.15) is 0 Å². The average Bonchev–Trinajstić information content (AvgIpc) is 3.49. The van der Waals surface area contributed by atoms with Crippen molar-refractivity contribution in [1.29, 1.82) is 0 Å². The van der Waals surface area contributed by atoms with E-state index in [1.165, 1.54) is 109 Å². The Balaban J connectivity index is 1.09. The molecule has 0 spiro atoms. The van der Waals surface area contributed by atoms with Crippen LogP contribution in [0, 0.1) is 0 Å². The molecule has 0 bridgehead atoms. The second kappa shape index (κ2) is 10.8. The number of aryl methyl sites for hydroxylation is 1. The molecule has 10 aromatic carbocycles. The van der Waals surface area contributed by atoms with Gasteiger partial charge >= 0.3 is 0 Å². The van der Waals surface area contributed by atoms with E-state index in [9.17, 15) is 0 Å². The summed E-state index contributed by atoms with van der Waals surface area (Å²) in [6, 6.07) is 63.6. The van der Waals surface area contributed by atoms with Crippen LogP contribution in [-0.4, -0.2) is 4.57 Å². The molecule has 0 aliphatic heterocycles. The Kier molecular flexibility index (Phi) is 6.00. The van der Waals surface area contributed by atoms with Crippen molar-refractivity contribution in [1.82, 2.24) is 4.57 Å². The summed E-state index contributed by atoms with van der Waals surface area (Å²) < 4.78 is 2.45. The van der Waals surface area contributed by atoms with Gasteiger partial charge in [-0.25, -0.2) is 0 Å². The topological polar surface area (TPSA) is 4.93 Å². The van der Waals surface area contributed by atoms with Gasteiger partial charge in [-0.1, -0.05) is 140 Å². The van der Waals surface area contributed by atoms with Crippen LogP contribution in [0.25, 0.3) is 104 Å². The average molecular weight is 648 g/mol. The second-order valence-corrected chi connectivity index (χ2v) is 14.0. The van der Waals surface area contributed by atoms with E-state index in [2.05, 4.69) is 181 Å². The van der Waals surface area contributed by atoms with Crippen LogP contribution in [0.4, 0.5) is 0 Å². The highest BCUT2D eigenvalue weighted by molar-refractivity contribution is 6.27. The molecule has 0 unspecified atom stereocenters. The van der Waals surface area contributed by atoms with E-state index >= 15 is 0 Å². The van der Waals surface area contributed by atoms with Crippen molar-refractivity contribution < 1.29 is 0 Å². The molecule has 51 heavy (non-hydrogen) atoms. The summed E-state index contributed by atoms with van der Waals surface area (Å²) in [5, 5.41) is 15.5. The number of hydrogen-bond donors (Lipinski definition) is 0. The Morgan fingerprint density at radius 3 is 1.27 bits per heavy atom. The zero-order valence-electron chi connectivity index (χ0n) is 28.3. The zero-order chi connectivity index (χ0) is 33.6. The molecule has 1 heteroatoms. The smallest absolute Gasteiger partial charge is 0.0547 e. The molecule has 1 aromatic heterocycles. The molecule has 1 nitrogen and oxygen atoms in total. The highest BCUT2D eigenvalue weighted by Gasteiger charge is 2.17. The van der Waals surface area contributed by atoms with E-state index in [1.807, 2.05) is 0 Å². The normalized spacial score (nSPS) is 12.1. The van der Waals surface area contributed by atoms with E-state index in [4.69, 9.17) is 0 Å². The molecule has 0 radical (unpaired) electrons. The lowest BCUT2D eigenvalue weighted by Gasteiger charge is -2.17. The minimum Gasteiger partial charge on any atom is -0.309 e. The first-order valence-electron chi connectivity index (χ1n) is 18.0. The molecule has 11 aromatic rings. The van der Waals surface area contributed by atoms with E-state index in [0.717, 1.165) is 6.42 Å². The van der Waals surface area contributed by atoms with E-state index in [0.29, 0.717) is 0 Å².